The van der Waals surface area contributed by atoms with Crippen LogP contribution in [0.5, 0.6) is 0 Å². The molecule has 3 heteroatoms. The smallest absolute Gasteiger partial charge is 0.0940 e. The monoisotopic (exact) mass is 126 g/mol. The molecule has 2 nitrogen and oxygen atoms in total. The number of rotatable bonds is 0. The minimum absolute atomic E-state index is 1.09. The van der Waals surface area contributed by atoms with E-state index in [1.807, 2.05) is 22.6 Å². The number of aryl methyl sites for hydroxylation is 1. The molecule has 0 radical (unpaired) electrons. The summed E-state index contributed by atoms with van der Waals surface area (Å²) in [6, 6.07) is 2.05. The van der Waals surface area contributed by atoms with E-state index in [-0.39, 0.29) is 0 Å². The molecular weight excluding hydrogens is 120 g/mol. The van der Waals surface area contributed by atoms with Gasteiger partial charge in [-0.05, 0) is 6.07 Å². The molecule has 8 heavy (non-hydrogen) atoms. The number of hydrogen-bond donors (Lipinski definition) is 0. The van der Waals surface area contributed by atoms with E-state index in [2.05, 4.69) is 11.2 Å². The quantitative estimate of drug-likeness (QED) is 0.516. The normalized spacial score (nSPS) is 16.5. The van der Waals surface area contributed by atoms with Gasteiger partial charge in [0.2, 0.25) is 0 Å². The zero-order valence-corrected chi connectivity index (χ0v) is 5.19. The first-order chi connectivity index (χ1) is 3.97. The second-order valence-corrected chi connectivity index (χ2v) is 2.86. The Kier molecular flexibility index (Phi) is 0.842. The summed E-state index contributed by atoms with van der Waals surface area (Å²) in [7, 11) is 0. The van der Waals surface area contributed by atoms with Gasteiger partial charge in [0, 0.05) is 5.75 Å². The molecule has 0 N–H and O–H groups in total. The Hall–Kier alpha value is -0.440. The molecule has 0 saturated heterocycles. The van der Waals surface area contributed by atoms with Crippen molar-refractivity contribution in [1.82, 2.24) is 9.78 Å². The van der Waals surface area contributed by atoms with Crippen LogP contribution in [0.25, 0.3) is 0 Å². The second kappa shape index (κ2) is 1.52. The van der Waals surface area contributed by atoms with Gasteiger partial charge in [0.15, 0.2) is 0 Å². The summed E-state index contributed by atoms with van der Waals surface area (Å²) in [4.78, 5) is 0. The van der Waals surface area contributed by atoms with Gasteiger partial charge in [-0.3, -0.25) is 4.68 Å². The van der Waals surface area contributed by atoms with Gasteiger partial charge < -0.3 is 0 Å². The Balaban J connectivity index is 2.54. The molecule has 42 valence electrons. The van der Waals surface area contributed by atoms with Gasteiger partial charge in [-0.2, -0.15) is 5.10 Å². The molecule has 2 rings (SSSR count). The summed E-state index contributed by atoms with van der Waals surface area (Å²) in [5.41, 5.74) is 0. The summed E-state index contributed by atoms with van der Waals surface area (Å²) in [6.45, 7) is 1.09. The fourth-order valence-electron chi connectivity index (χ4n) is 0.848. The maximum absolute atomic E-state index is 4.09. The molecule has 0 unspecified atom stereocenters. The van der Waals surface area contributed by atoms with E-state index in [4.69, 9.17) is 0 Å². The van der Waals surface area contributed by atoms with Crippen LogP contribution >= 0.6 is 11.8 Å². The fourth-order valence-corrected chi connectivity index (χ4v) is 1.77. The van der Waals surface area contributed by atoms with Crippen LogP contribution in [0.1, 0.15) is 0 Å². The minimum Gasteiger partial charge on any atom is -0.258 e. The number of thioether (sulfide) groups is 1. The maximum Gasteiger partial charge on any atom is 0.0940 e. The van der Waals surface area contributed by atoms with E-state index < -0.39 is 0 Å². The molecular formula is C5H6N2S. The van der Waals surface area contributed by atoms with E-state index in [9.17, 15) is 0 Å². The van der Waals surface area contributed by atoms with Gasteiger partial charge in [0.05, 0.1) is 17.8 Å². The van der Waals surface area contributed by atoms with Gasteiger partial charge in [-0.1, -0.05) is 0 Å². The summed E-state index contributed by atoms with van der Waals surface area (Å²) in [6.07, 6.45) is 1.85. The molecule has 0 spiro atoms. The molecule has 1 aromatic heterocycles. The zero-order chi connectivity index (χ0) is 5.40. The van der Waals surface area contributed by atoms with Crippen molar-refractivity contribution < 1.29 is 0 Å². The van der Waals surface area contributed by atoms with E-state index in [0.29, 0.717) is 0 Å². The second-order valence-electron chi connectivity index (χ2n) is 1.74. The van der Waals surface area contributed by atoms with Crippen LogP contribution in [-0.2, 0) is 6.54 Å². The Morgan fingerprint density at radius 2 is 2.75 bits per heavy atom. The third-order valence-corrected chi connectivity index (χ3v) is 2.26. The van der Waals surface area contributed by atoms with Crippen molar-refractivity contribution in [2.24, 2.45) is 0 Å². The lowest BCUT2D eigenvalue weighted by Gasteiger charge is -1.86. The van der Waals surface area contributed by atoms with Crippen LogP contribution in [0.2, 0.25) is 0 Å². The topological polar surface area (TPSA) is 17.8 Å². The minimum atomic E-state index is 1.09. The predicted octanol–water partition coefficient (Wildman–Crippen LogP) is 0.989. The van der Waals surface area contributed by atoms with Crippen LogP contribution in [0, 0.1) is 0 Å². The third kappa shape index (κ3) is 0.478. The molecule has 0 aromatic carbocycles. The van der Waals surface area contributed by atoms with Crippen molar-refractivity contribution in [3.8, 4) is 0 Å². The molecule has 1 aromatic rings. The predicted molar refractivity (Wildman–Crippen MR) is 33.0 cm³/mol. The van der Waals surface area contributed by atoms with E-state index in [1.165, 1.54) is 10.8 Å². The standard InChI is InChI=1S/C5H6N2S/c1-2-6-7-3-4-8-5(1)7/h1-2H,3-4H2. The molecule has 1 aliphatic heterocycles. The molecule has 1 aliphatic rings. The van der Waals surface area contributed by atoms with Crippen LogP contribution in [0.3, 0.4) is 0 Å². The molecule has 0 amide bonds. The van der Waals surface area contributed by atoms with E-state index in [1.54, 1.807) is 0 Å². The first-order valence-electron chi connectivity index (χ1n) is 2.61. The van der Waals surface area contributed by atoms with Gasteiger partial charge >= 0.3 is 0 Å². The van der Waals surface area contributed by atoms with Gasteiger partial charge in [-0.15, -0.1) is 11.8 Å². The Labute approximate surface area is 51.9 Å². The molecule has 0 atom stereocenters. The number of nitrogens with zero attached hydrogens (tertiary/aromatic N) is 2. The highest BCUT2D eigenvalue weighted by Gasteiger charge is 2.08. The largest absolute Gasteiger partial charge is 0.258 e. The molecule has 0 aliphatic carbocycles. The lowest BCUT2D eigenvalue weighted by Crippen LogP contribution is -1.93. The molecule has 2 heterocycles. The first kappa shape index (κ1) is 4.44. The van der Waals surface area contributed by atoms with Crippen LogP contribution in [-0.4, -0.2) is 15.5 Å². The number of aromatic nitrogens is 2. The first-order valence-corrected chi connectivity index (χ1v) is 3.60. The SMILES string of the molecule is c1cc2n(n1)CCS2. The van der Waals surface area contributed by atoms with Crippen molar-refractivity contribution in [2.75, 3.05) is 5.75 Å². The Morgan fingerprint density at radius 3 is 3.62 bits per heavy atom. The number of fused-ring (bicyclic) bond motifs is 1. The average molecular weight is 126 g/mol. The fraction of sp³-hybridized carbons (Fsp3) is 0.400. The highest BCUT2D eigenvalue weighted by Crippen LogP contribution is 2.23. The Morgan fingerprint density at radius 1 is 1.75 bits per heavy atom. The van der Waals surface area contributed by atoms with Crippen LogP contribution in [0.15, 0.2) is 17.3 Å². The Bertz CT molecular complexity index is 176. The zero-order valence-electron chi connectivity index (χ0n) is 4.37. The highest BCUT2D eigenvalue weighted by atomic mass is 32.2. The lowest BCUT2D eigenvalue weighted by atomic mass is 10.7. The molecule has 0 bridgehead atoms. The highest BCUT2D eigenvalue weighted by molar-refractivity contribution is 7.99. The van der Waals surface area contributed by atoms with Crippen molar-refractivity contribution in [3.05, 3.63) is 12.3 Å². The van der Waals surface area contributed by atoms with E-state index >= 15 is 0 Å². The maximum atomic E-state index is 4.09. The van der Waals surface area contributed by atoms with Gasteiger partial charge in [0.1, 0.15) is 0 Å². The summed E-state index contributed by atoms with van der Waals surface area (Å²) >= 11 is 1.87. The molecule has 0 fully saturated rings. The lowest BCUT2D eigenvalue weighted by molar-refractivity contribution is 0.634. The van der Waals surface area contributed by atoms with Crippen molar-refractivity contribution in [1.29, 1.82) is 0 Å². The van der Waals surface area contributed by atoms with Crippen molar-refractivity contribution in [2.45, 2.75) is 11.6 Å². The third-order valence-electron chi connectivity index (χ3n) is 1.23. The summed E-state index contributed by atoms with van der Waals surface area (Å²) in [5.74, 6) is 1.20. The summed E-state index contributed by atoms with van der Waals surface area (Å²) < 4.78 is 2.03. The van der Waals surface area contributed by atoms with Crippen molar-refractivity contribution >= 4 is 11.8 Å². The average Bonchev–Trinajstić information content (AvgIpc) is 2.15. The van der Waals surface area contributed by atoms with E-state index in [0.717, 1.165) is 6.54 Å². The summed E-state index contributed by atoms with van der Waals surface area (Å²) in [5, 5.41) is 5.40. The van der Waals surface area contributed by atoms with Crippen LogP contribution in [0.4, 0.5) is 0 Å². The van der Waals surface area contributed by atoms with Crippen molar-refractivity contribution in [3.63, 3.8) is 0 Å². The number of hydrogen-bond acceptors (Lipinski definition) is 2. The van der Waals surface area contributed by atoms with Gasteiger partial charge in [-0.25, -0.2) is 0 Å². The van der Waals surface area contributed by atoms with Crippen LogP contribution < -0.4 is 0 Å². The van der Waals surface area contributed by atoms with Gasteiger partial charge in [0.25, 0.3) is 0 Å². The molecule has 0 saturated carbocycles.